The molecule has 0 bridgehead atoms. The average molecular weight is 210 g/mol. The molecule has 1 aromatic carbocycles. The molecule has 0 aliphatic rings. The zero-order chi connectivity index (χ0) is 9.97. The topological polar surface area (TPSA) is 91.8 Å². The third-order valence-electron chi connectivity index (χ3n) is 1.68. The van der Waals surface area contributed by atoms with Crippen molar-refractivity contribution in [2.45, 2.75) is 4.90 Å². The first-order chi connectivity index (χ1) is 6.79. The number of aromatic amines is 1. The van der Waals surface area contributed by atoms with Crippen molar-refractivity contribution in [3.8, 4) is 11.4 Å². The van der Waals surface area contributed by atoms with Gasteiger partial charge in [-0.3, -0.25) is 0 Å². The summed E-state index contributed by atoms with van der Waals surface area (Å²) in [6, 6.07) is 6.64. The predicted octanol–water partition coefficient (Wildman–Crippen LogP) is 0.447. The molecule has 14 heavy (non-hydrogen) atoms. The summed E-state index contributed by atoms with van der Waals surface area (Å²) in [5.74, 6) is 0.378. The summed E-state index contributed by atoms with van der Waals surface area (Å²) in [4.78, 5) is 0.283. The van der Waals surface area contributed by atoms with Crippen LogP contribution < -0.4 is 0 Å². The molecule has 1 unspecified atom stereocenters. The van der Waals surface area contributed by atoms with Crippen molar-refractivity contribution >= 4 is 11.1 Å². The highest BCUT2D eigenvalue weighted by Gasteiger charge is 2.11. The van der Waals surface area contributed by atoms with Crippen molar-refractivity contribution in [2.75, 3.05) is 0 Å². The van der Waals surface area contributed by atoms with Crippen LogP contribution in [-0.2, 0) is 11.1 Å². The lowest BCUT2D eigenvalue weighted by Gasteiger charge is -2.00. The van der Waals surface area contributed by atoms with Gasteiger partial charge in [-0.25, -0.2) is 9.31 Å². The van der Waals surface area contributed by atoms with Crippen molar-refractivity contribution in [3.63, 3.8) is 0 Å². The Kier molecular flexibility index (Phi) is 2.33. The molecule has 0 radical (unpaired) electrons. The summed E-state index contributed by atoms with van der Waals surface area (Å²) < 4.78 is 19.9. The van der Waals surface area contributed by atoms with Gasteiger partial charge in [0.1, 0.15) is 0 Å². The van der Waals surface area contributed by atoms with Gasteiger partial charge in [0.05, 0.1) is 4.90 Å². The molecule has 2 N–H and O–H groups in total. The summed E-state index contributed by atoms with van der Waals surface area (Å²) in [5.41, 5.74) is 0.526. The Hall–Kier alpha value is -1.60. The van der Waals surface area contributed by atoms with Crippen molar-refractivity contribution in [3.05, 3.63) is 24.3 Å². The first-order valence-electron chi connectivity index (χ1n) is 3.73. The number of nitrogens with zero attached hydrogens (tertiary/aromatic N) is 3. The molecule has 0 aliphatic heterocycles. The van der Waals surface area contributed by atoms with E-state index in [0.29, 0.717) is 11.4 Å². The Balaban J connectivity index is 2.58. The minimum Gasteiger partial charge on any atom is -0.302 e. The van der Waals surface area contributed by atoms with E-state index in [-0.39, 0.29) is 4.90 Å². The lowest BCUT2D eigenvalue weighted by atomic mass is 10.2. The first-order valence-corrected chi connectivity index (χ1v) is 4.83. The fourth-order valence-electron chi connectivity index (χ4n) is 1.09. The van der Waals surface area contributed by atoms with E-state index in [2.05, 4.69) is 20.6 Å². The number of hydrogen-bond acceptors (Lipinski definition) is 4. The smallest absolute Gasteiger partial charge is 0.187 e. The maximum atomic E-state index is 10.9. The van der Waals surface area contributed by atoms with Crippen LogP contribution in [0.25, 0.3) is 11.4 Å². The molecule has 1 aromatic heterocycles. The fraction of sp³-hybridized carbons (Fsp3) is 0. The second-order valence-electron chi connectivity index (χ2n) is 2.50. The summed E-state index contributed by atoms with van der Waals surface area (Å²) in [6.45, 7) is 0. The molecule has 1 atom stereocenters. The molecule has 7 heteroatoms. The van der Waals surface area contributed by atoms with Gasteiger partial charge >= 0.3 is 0 Å². The Morgan fingerprint density at radius 3 is 2.79 bits per heavy atom. The Morgan fingerprint density at radius 1 is 1.36 bits per heavy atom. The SMILES string of the molecule is O=S(O)c1ccccc1-c1nnn[nH]1. The summed E-state index contributed by atoms with van der Waals surface area (Å²) >= 11 is -2.04. The van der Waals surface area contributed by atoms with Crippen LogP contribution in [0.3, 0.4) is 0 Å². The molecular formula is C7H6N4O2S. The fourth-order valence-corrected chi connectivity index (χ4v) is 1.64. The largest absolute Gasteiger partial charge is 0.302 e. The van der Waals surface area contributed by atoms with Crippen molar-refractivity contribution in [1.29, 1.82) is 0 Å². The second-order valence-corrected chi connectivity index (χ2v) is 3.43. The van der Waals surface area contributed by atoms with Crippen molar-refractivity contribution < 1.29 is 8.76 Å². The zero-order valence-electron chi connectivity index (χ0n) is 6.91. The monoisotopic (exact) mass is 210 g/mol. The van der Waals surface area contributed by atoms with Gasteiger partial charge in [0.2, 0.25) is 0 Å². The second kappa shape index (κ2) is 3.64. The lowest BCUT2D eigenvalue weighted by molar-refractivity contribution is 0.564. The number of rotatable bonds is 2. The van der Waals surface area contributed by atoms with Gasteiger partial charge in [0.15, 0.2) is 16.9 Å². The van der Waals surface area contributed by atoms with E-state index >= 15 is 0 Å². The highest BCUT2D eigenvalue weighted by Crippen LogP contribution is 2.20. The number of benzene rings is 1. The number of H-pyrrole nitrogens is 1. The minimum atomic E-state index is -2.04. The van der Waals surface area contributed by atoms with Crippen molar-refractivity contribution in [1.82, 2.24) is 20.6 Å². The quantitative estimate of drug-likeness (QED) is 0.702. The van der Waals surface area contributed by atoms with E-state index in [9.17, 15) is 4.21 Å². The minimum absolute atomic E-state index is 0.283. The molecule has 2 rings (SSSR count). The van der Waals surface area contributed by atoms with E-state index < -0.39 is 11.1 Å². The zero-order valence-corrected chi connectivity index (χ0v) is 7.73. The Morgan fingerprint density at radius 2 is 2.14 bits per heavy atom. The number of aromatic nitrogens is 4. The van der Waals surface area contributed by atoms with Gasteiger partial charge in [0.25, 0.3) is 0 Å². The molecule has 0 spiro atoms. The van der Waals surface area contributed by atoms with Crippen LogP contribution in [0.15, 0.2) is 29.2 Å². The van der Waals surface area contributed by atoms with Crippen LogP contribution in [0.5, 0.6) is 0 Å². The van der Waals surface area contributed by atoms with Crippen LogP contribution >= 0.6 is 0 Å². The lowest BCUT2D eigenvalue weighted by Crippen LogP contribution is -1.93. The van der Waals surface area contributed by atoms with Gasteiger partial charge in [-0.05, 0) is 22.6 Å². The third-order valence-corrected chi connectivity index (χ3v) is 2.41. The summed E-state index contributed by atoms with van der Waals surface area (Å²) in [6.07, 6.45) is 0. The standard InChI is InChI=1S/C7H6N4O2S/c12-14(13)6-4-2-1-3-5(6)7-8-10-11-9-7/h1-4H,(H,12,13)(H,8,9,10,11). The van der Waals surface area contributed by atoms with Crippen LogP contribution in [0.1, 0.15) is 0 Å². The highest BCUT2D eigenvalue weighted by molar-refractivity contribution is 7.79. The average Bonchev–Trinajstić information content (AvgIpc) is 2.70. The van der Waals surface area contributed by atoms with Gasteiger partial charge in [-0.1, -0.05) is 12.1 Å². The van der Waals surface area contributed by atoms with E-state index in [1.807, 2.05) is 0 Å². The van der Waals surface area contributed by atoms with Gasteiger partial charge in [-0.2, -0.15) is 0 Å². The number of hydrogen-bond donors (Lipinski definition) is 2. The van der Waals surface area contributed by atoms with Crippen LogP contribution in [0.2, 0.25) is 0 Å². The Labute approximate surface area is 81.6 Å². The Bertz CT molecular complexity index is 456. The molecular weight excluding hydrogens is 204 g/mol. The molecule has 0 aliphatic carbocycles. The van der Waals surface area contributed by atoms with Crippen LogP contribution in [0, 0.1) is 0 Å². The van der Waals surface area contributed by atoms with Gasteiger partial charge in [0, 0.05) is 5.56 Å². The van der Waals surface area contributed by atoms with Crippen molar-refractivity contribution in [2.24, 2.45) is 0 Å². The molecule has 0 amide bonds. The maximum Gasteiger partial charge on any atom is 0.187 e. The predicted molar refractivity (Wildman–Crippen MR) is 48.7 cm³/mol. The molecule has 0 saturated carbocycles. The maximum absolute atomic E-state index is 10.9. The summed E-state index contributed by atoms with van der Waals surface area (Å²) in [7, 11) is 0. The molecule has 0 fully saturated rings. The number of tetrazole rings is 1. The van der Waals surface area contributed by atoms with Crippen LogP contribution in [-0.4, -0.2) is 29.4 Å². The van der Waals surface area contributed by atoms with E-state index in [1.165, 1.54) is 0 Å². The number of nitrogens with one attached hydrogen (secondary N) is 1. The van der Waals surface area contributed by atoms with Gasteiger partial charge in [-0.15, -0.1) is 5.10 Å². The van der Waals surface area contributed by atoms with E-state index in [1.54, 1.807) is 24.3 Å². The van der Waals surface area contributed by atoms with Gasteiger partial charge < -0.3 is 4.55 Å². The normalized spacial score (nSPS) is 12.6. The molecule has 1 heterocycles. The highest BCUT2D eigenvalue weighted by atomic mass is 32.2. The summed E-state index contributed by atoms with van der Waals surface area (Å²) in [5, 5.41) is 13.0. The first kappa shape index (κ1) is 8.97. The van der Waals surface area contributed by atoms with E-state index in [0.717, 1.165) is 0 Å². The van der Waals surface area contributed by atoms with Crippen LogP contribution in [0.4, 0.5) is 0 Å². The molecule has 72 valence electrons. The molecule has 0 saturated heterocycles. The third kappa shape index (κ3) is 1.54. The molecule has 6 nitrogen and oxygen atoms in total. The molecule has 2 aromatic rings. The van der Waals surface area contributed by atoms with E-state index in [4.69, 9.17) is 4.55 Å².